The van der Waals surface area contributed by atoms with Crippen molar-refractivity contribution in [1.82, 2.24) is 4.90 Å². The number of halogens is 3. The van der Waals surface area contributed by atoms with Gasteiger partial charge in [0.1, 0.15) is 5.75 Å². The van der Waals surface area contributed by atoms with Crippen LogP contribution in [0.1, 0.15) is 24.3 Å². The molecule has 1 aromatic rings. The minimum Gasteiger partial charge on any atom is -0.406 e. The molecule has 0 bridgehead atoms. The predicted octanol–water partition coefficient (Wildman–Crippen LogP) is 3.39. The molecule has 0 atom stereocenters. The molecule has 0 saturated carbocycles. The molecular formula is C13H16F3NO. The first-order chi connectivity index (χ1) is 8.44. The zero-order valence-electron chi connectivity index (χ0n) is 10.2. The molecule has 5 heteroatoms. The van der Waals surface area contributed by atoms with Crippen molar-refractivity contribution >= 4 is 0 Å². The maximum Gasteiger partial charge on any atom is 0.573 e. The van der Waals surface area contributed by atoms with E-state index in [4.69, 9.17) is 0 Å². The van der Waals surface area contributed by atoms with E-state index in [9.17, 15) is 13.2 Å². The zero-order valence-corrected chi connectivity index (χ0v) is 10.2. The van der Waals surface area contributed by atoms with E-state index in [2.05, 4.69) is 16.7 Å². The number of alkyl halides is 3. The summed E-state index contributed by atoms with van der Waals surface area (Å²) in [6, 6.07) is 6.25. The quantitative estimate of drug-likeness (QED) is 0.807. The molecule has 0 aliphatic carbocycles. The zero-order chi connectivity index (χ0) is 13.2. The maximum absolute atomic E-state index is 12.0. The molecule has 1 heterocycles. The molecule has 0 unspecified atom stereocenters. The highest BCUT2D eigenvalue weighted by Crippen LogP contribution is 2.30. The van der Waals surface area contributed by atoms with Crippen molar-refractivity contribution < 1.29 is 17.9 Å². The second-order valence-corrected chi connectivity index (χ2v) is 4.69. The van der Waals surface area contributed by atoms with Crippen molar-refractivity contribution in [3.63, 3.8) is 0 Å². The number of hydrogen-bond acceptors (Lipinski definition) is 2. The number of piperidine rings is 1. The van der Waals surface area contributed by atoms with Gasteiger partial charge in [0.2, 0.25) is 0 Å². The van der Waals surface area contributed by atoms with E-state index in [0.717, 1.165) is 31.5 Å². The number of benzene rings is 1. The van der Waals surface area contributed by atoms with Gasteiger partial charge in [-0.05, 0) is 56.6 Å². The summed E-state index contributed by atoms with van der Waals surface area (Å²) in [7, 11) is 2.08. The van der Waals surface area contributed by atoms with E-state index >= 15 is 0 Å². The highest BCUT2D eigenvalue weighted by atomic mass is 19.4. The highest BCUT2D eigenvalue weighted by Gasteiger charge is 2.31. The van der Waals surface area contributed by atoms with Crippen molar-refractivity contribution in [2.75, 3.05) is 20.1 Å². The van der Waals surface area contributed by atoms with Crippen LogP contribution in [0.15, 0.2) is 24.3 Å². The van der Waals surface area contributed by atoms with Crippen LogP contribution in [0.2, 0.25) is 0 Å². The first-order valence-electron chi connectivity index (χ1n) is 5.98. The average molecular weight is 259 g/mol. The Kier molecular flexibility index (Phi) is 3.80. The van der Waals surface area contributed by atoms with E-state index in [-0.39, 0.29) is 5.75 Å². The summed E-state index contributed by atoms with van der Waals surface area (Å²) in [5.74, 6) is 0.292. The fraction of sp³-hybridized carbons (Fsp3) is 0.538. The van der Waals surface area contributed by atoms with Crippen LogP contribution in [0.5, 0.6) is 5.75 Å². The monoisotopic (exact) mass is 259 g/mol. The SMILES string of the molecule is CN1CCC(c2ccc(OC(F)(F)F)cc2)CC1. The van der Waals surface area contributed by atoms with Gasteiger partial charge in [-0.2, -0.15) is 0 Å². The Morgan fingerprint density at radius 1 is 1.11 bits per heavy atom. The summed E-state index contributed by atoms with van der Waals surface area (Å²) in [6.45, 7) is 2.07. The normalized spacial score (nSPS) is 18.9. The Morgan fingerprint density at radius 3 is 2.17 bits per heavy atom. The molecule has 1 aliphatic heterocycles. The number of hydrogen-bond donors (Lipinski definition) is 0. The minimum atomic E-state index is -4.62. The van der Waals surface area contributed by atoms with E-state index in [1.807, 2.05) is 0 Å². The lowest BCUT2D eigenvalue weighted by Crippen LogP contribution is -2.29. The Balaban J connectivity index is 1.99. The van der Waals surface area contributed by atoms with E-state index in [1.54, 1.807) is 12.1 Å². The number of nitrogens with zero attached hydrogens (tertiary/aromatic N) is 1. The van der Waals surface area contributed by atoms with Crippen LogP contribution < -0.4 is 4.74 Å². The molecule has 0 radical (unpaired) electrons. The van der Waals surface area contributed by atoms with Gasteiger partial charge in [0.15, 0.2) is 0 Å². The van der Waals surface area contributed by atoms with E-state index in [1.165, 1.54) is 12.1 Å². The molecule has 0 N–H and O–H groups in total. The van der Waals surface area contributed by atoms with Gasteiger partial charge in [-0.15, -0.1) is 13.2 Å². The summed E-state index contributed by atoms with van der Waals surface area (Å²) in [6.07, 6.45) is -2.51. The number of ether oxygens (including phenoxy) is 1. The Bertz CT molecular complexity index is 380. The molecule has 0 spiro atoms. The van der Waals surface area contributed by atoms with Crippen LogP contribution in [0, 0.1) is 0 Å². The second kappa shape index (κ2) is 5.18. The summed E-state index contributed by atoms with van der Waals surface area (Å²) in [4.78, 5) is 2.26. The molecule has 0 amide bonds. The van der Waals surface area contributed by atoms with Crippen LogP contribution in [0.4, 0.5) is 13.2 Å². The van der Waals surface area contributed by atoms with Gasteiger partial charge in [0.25, 0.3) is 0 Å². The molecular weight excluding hydrogens is 243 g/mol. The Hall–Kier alpha value is -1.23. The maximum atomic E-state index is 12.0. The van der Waals surface area contributed by atoms with Crippen LogP contribution >= 0.6 is 0 Å². The lowest BCUT2D eigenvalue weighted by atomic mass is 9.90. The number of rotatable bonds is 2. The lowest BCUT2D eigenvalue weighted by molar-refractivity contribution is -0.274. The average Bonchev–Trinajstić information content (AvgIpc) is 2.29. The molecule has 2 nitrogen and oxygen atoms in total. The van der Waals surface area contributed by atoms with Gasteiger partial charge >= 0.3 is 6.36 Å². The summed E-state index contributed by atoms with van der Waals surface area (Å²) < 4.78 is 39.9. The van der Waals surface area contributed by atoms with Crippen molar-refractivity contribution in [2.45, 2.75) is 25.1 Å². The Morgan fingerprint density at radius 2 is 1.67 bits per heavy atom. The molecule has 18 heavy (non-hydrogen) atoms. The van der Waals surface area contributed by atoms with Gasteiger partial charge in [0, 0.05) is 0 Å². The fourth-order valence-corrected chi connectivity index (χ4v) is 2.28. The van der Waals surface area contributed by atoms with Gasteiger partial charge in [-0.1, -0.05) is 12.1 Å². The topological polar surface area (TPSA) is 12.5 Å². The van der Waals surface area contributed by atoms with Crippen LogP contribution in [0.3, 0.4) is 0 Å². The van der Waals surface area contributed by atoms with Crippen LogP contribution in [-0.2, 0) is 0 Å². The lowest BCUT2D eigenvalue weighted by Gasteiger charge is -2.29. The van der Waals surface area contributed by atoms with Crippen molar-refractivity contribution in [3.05, 3.63) is 29.8 Å². The molecule has 1 aromatic carbocycles. The van der Waals surface area contributed by atoms with Crippen LogP contribution in [-0.4, -0.2) is 31.4 Å². The van der Waals surface area contributed by atoms with E-state index in [0.29, 0.717) is 5.92 Å². The molecule has 100 valence electrons. The summed E-state index contributed by atoms with van der Waals surface area (Å²) in [5.41, 5.74) is 1.10. The largest absolute Gasteiger partial charge is 0.573 e. The van der Waals surface area contributed by atoms with Crippen LogP contribution in [0.25, 0.3) is 0 Å². The van der Waals surface area contributed by atoms with Crippen molar-refractivity contribution in [3.8, 4) is 5.75 Å². The second-order valence-electron chi connectivity index (χ2n) is 4.69. The molecule has 1 fully saturated rings. The fourth-order valence-electron chi connectivity index (χ4n) is 2.28. The first kappa shape index (κ1) is 13.2. The predicted molar refractivity (Wildman–Crippen MR) is 62.6 cm³/mol. The molecule has 1 aliphatic rings. The van der Waals surface area contributed by atoms with Gasteiger partial charge in [-0.3, -0.25) is 0 Å². The molecule has 1 saturated heterocycles. The van der Waals surface area contributed by atoms with Gasteiger partial charge in [-0.25, -0.2) is 0 Å². The third-order valence-corrected chi connectivity index (χ3v) is 3.30. The van der Waals surface area contributed by atoms with Crippen molar-refractivity contribution in [1.29, 1.82) is 0 Å². The highest BCUT2D eigenvalue weighted by molar-refractivity contribution is 5.29. The molecule has 2 rings (SSSR count). The standard InChI is InChI=1S/C13H16F3NO/c1-17-8-6-11(7-9-17)10-2-4-12(5-3-10)18-13(14,15)16/h2-5,11H,6-9H2,1H3. The Labute approximate surface area is 104 Å². The smallest absolute Gasteiger partial charge is 0.406 e. The summed E-state index contributed by atoms with van der Waals surface area (Å²) >= 11 is 0. The third-order valence-electron chi connectivity index (χ3n) is 3.30. The van der Waals surface area contributed by atoms with Gasteiger partial charge < -0.3 is 9.64 Å². The minimum absolute atomic E-state index is 0.154. The van der Waals surface area contributed by atoms with E-state index < -0.39 is 6.36 Å². The first-order valence-corrected chi connectivity index (χ1v) is 5.98. The van der Waals surface area contributed by atoms with Gasteiger partial charge in [0.05, 0.1) is 0 Å². The molecule has 0 aromatic heterocycles. The number of likely N-dealkylation sites (tertiary alicyclic amines) is 1. The van der Waals surface area contributed by atoms with Crippen molar-refractivity contribution in [2.24, 2.45) is 0 Å². The third kappa shape index (κ3) is 3.63. The summed E-state index contributed by atoms with van der Waals surface area (Å²) in [5, 5.41) is 0.